The molecule has 0 radical (unpaired) electrons. The minimum atomic E-state index is -0.328. The van der Waals surface area contributed by atoms with Gasteiger partial charge in [-0.3, -0.25) is 9.59 Å². The van der Waals surface area contributed by atoms with Crippen molar-refractivity contribution >= 4 is 23.5 Å². The highest BCUT2D eigenvalue weighted by Gasteiger charge is 2.19. The van der Waals surface area contributed by atoms with Crippen molar-refractivity contribution < 1.29 is 14.4 Å². The molecule has 0 aliphatic carbocycles. The highest BCUT2D eigenvalue weighted by atomic mass is 16.2. The van der Waals surface area contributed by atoms with Gasteiger partial charge >= 0.3 is 6.03 Å². The average molecular weight is 360 g/mol. The zero-order valence-corrected chi connectivity index (χ0v) is 15.7. The van der Waals surface area contributed by atoms with Crippen LogP contribution in [0.3, 0.4) is 0 Å². The van der Waals surface area contributed by atoms with Crippen molar-refractivity contribution in [2.45, 2.75) is 45.6 Å². The van der Waals surface area contributed by atoms with Crippen molar-refractivity contribution in [1.82, 2.24) is 15.5 Å². The first-order valence-electron chi connectivity index (χ1n) is 9.00. The molecule has 1 aromatic carbocycles. The zero-order valence-electron chi connectivity index (χ0n) is 15.7. The van der Waals surface area contributed by atoms with Gasteiger partial charge in [0.25, 0.3) is 5.91 Å². The Balaban J connectivity index is 1.77. The Hall–Kier alpha value is -2.57. The van der Waals surface area contributed by atoms with Gasteiger partial charge in [0.15, 0.2) is 0 Å². The van der Waals surface area contributed by atoms with Crippen molar-refractivity contribution in [3.05, 3.63) is 29.8 Å². The summed E-state index contributed by atoms with van der Waals surface area (Å²) in [5.41, 5.74) is 0.721. The van der Waals surface area contributed by atoms with Gasteiger partial charge in [0, 0.05) is 42.8 Å². The monoisotopic (exact) mass is 360 g/mol. The molecule has 0 saturated carbocycles. The molecule has 142 valence electrons. The van der Waals surface area contributed by atoms with E-state index in [0.717, 1.165) is 13.0 Å². The summed E-state index contributed by atoms with van der Waals surface area (Å²) in [5.74, 6) is 0.0108. The van der Waals surface area contributed by atoms with Gasteiger partial charge in [0.05, 0.1) is 0 Å². The molecule has 2 rings (SSSR count). The third-order valence-corrected chi connectivity index (χ3v) is 3.93. The van der Waals surface area contributed by atoms with E-state index in [9.17, 15) is 14.4 Å². The molecule has 26 heavy (non-hydrogen) atoms. The number of rotatable bonds is 6. The van der Waals surface area contributed by atoms with Crippen LogP contribution in [0.25, 0.3) is 0 Å². The zero-order chi connectivity index (χ0) is 19.2. The van der Waals surface area contributed by atoms with Crippen LogP contribution in [0.15, 0.2) is 24.3 Å². The van der Waals surface area contributed by atoms with E-state index in [-0.39, 0.29) is 23.4 Å². The molecule has 0 unspecified atom stereocenters. The summed E-state index contributed by atoms with van der Waals surface area (Å²) in [6, 6.07) is 6.48. The van der Waals surface area contributed by atoms with E-state index in [1.165, 1.54) is 0 Å². The van der Waals surface area contributed by atoms with Crippen LogP contribution in [0.5, 0.6) is 0 Å². The number of hydrogen-bond donors (Lipinski definition) is 3. The number of carbonyl (C=O) groups is 3. The lowest BCUT2D eigenvalue weighted by Gasteiger charge is -2.20. The number of urea groups is 1. The molecule has 1 saturated heterocycles. The molecule has 1 aliphatic rings. The summed E-state index contributed by atoms with van der Waals surface area (Å²) in [7, 11) is 0. The largest absolute Gasteiger partial charge is 0.347 e. The minimum Gasteiger partial charge on any atom is -0.347 e. The van der Waals surface area contributed by atoms with Gasteiger partial charge in [-0.2, -0.15) is 0 Å². The maximum absolute atomic E-state index is 12.2. The molecule has 1 heterocycles. The molecule has 1 aliphatic heterocycles. The van der Waals surface area contributed by atoms with Crippen LogP contribution in [0, 0.1) is 0 Å². The third kappa shape index (κ3) is 6.38. The van der Waals surface area contributed by atoms with Gasteiger partial charge < -0.3 is 20.9 Å². The fourth-order valence-electron chi connectivity index (χ4n) is 2.74. The van der Waals surface area contributed by atoms with E-state index < -0.39 is 0 Å². The maximum Gasteiger partial charge on any atom is 0.319 e. The lowest BCUT2D eigenvalue weighted by molar-refractivity contribution is -0.127. The molecule has 4 amide bonds. The van der Waals surface area contributed by atoms with E-state index in [1.54, 1.807) is 24.3 Å². The quantitative estimate of drug-likeness (QED) is 0.680. The number of nitrogens with one attached hydrogen (secondary N) is 3. The summed E-state index contributed by atoms with van der Waals surface area (Å²) in [6.45, 7) is 7.71. The summed E-state index contributed by atoms with van der Waals surface area (Å²) < 4.78 is 0. The number of likely N-dealkylation sites (tertiary alicyclic amines) is 1. The molecule has 7 heteroatoms. The van der Waals surface area contributed by atoms with E-state index in [4.69, 9.17) is 0 Å². The van der Waals surface area contributed by atoms with E-state index in [0.29, 0.717) is 37.2 Å². The Morgan fingerprint density at radius 2 is 2.00 bits per heavy atom. The van der Waals surface area contributed by atoms with Crippen molar-refractivity contribution in [2.75, 3.05) is 25.0 Å². The number of nitrogens with zero attached hydrogens (tertiary/aromatic N) is 1. The molecule has 1 aromatic rings. The topological polar surface area (TPSA) is 90.5 Å². The standard InChI is InChI=1S/C19H28N4O3/c1-19(2,3)22-17(25)14-7-4-8-15(13-14)21-18(26)20-10-6-12-23-11-5-9-16(23)24/h4,7-8,13H,5-6,9-12H2,1-3H3,(H,22,25)(H2,20,21,26). The molecular weight excluding hydrogens is 332 g/mol. The lowest BCUT2D eigenvalue weighted by atomic mass is 10.1. The predicted octanol–water partition coefficient (Wildman–Crippen LogP) is 2.35. The maximum atomic E-state index is 12.2. The molecule has 0 spiro atoms. The van der Waals surface area contributed by atoms with Crippen LogP contribution < -0.4 is 16.0 Å². The Morgan fingerprint density at radius 1 is 1.23 bits per heavy atom. The Labute approximate surface area is 154 Å². The lowest BCUT2D eigenvalue weighted by Crippen LogP contribution is -2.40. The fraction of sp³-hybridized carbons (Fsp3) is 0.526. The molecule has 1 fully saturated rings. The minimum absolute atomic E-state index is 0.183. The van der Waals surface area contributed by atoms with Gasteiger partial charge in [-0.25, -0.2) is 4.79 Å². The first-order valence-corrected chi connectivity index (χ1v) is 9.00. The van der Waals surface area contributed by atoms with Crippen molar-refractivity contribution in [3.63, 3.8) is 0 Å². The van der Waals surface area contributed by atoms with Crippen LogP contribution >= 0.6 is 0 Å². The van der Waals surface area contributed by atoms with Crippen LogP contribution in [-0.2, 0) is 4.79 Å². The second-order valence-corrected chi connectivity index (χ2v) is 7.50. The molecule has 3 N–H and O–H groups in total. The highest BCUT2D eigenvalue weighted by molar-refractivity contribution is 5.97. The number of amides is 4. The fourth-order valence-corrected chi connectivity index (χ4v) is 2.74. The number of benzene rings is 1. The van der Waals surface area contributed by atoms with Gasteiger partial charge in [0.1, 0.15) is 0 Å². The Morgan fingerprint density at radius 3 is 2.65 bits per heavy atom. The highest BCUT2D eigenvalue weighted by Crippen LogP contribution is 2.12. The first kappa shape index (κ1) is 19.8. The van der Waals surface area contributed by atoms with Crippen molar-refractivity contribution in [1.29, 1.82) is 0 Å². The Kier molecular flexibility index (Phi) is 6.60. The summed E-state index contributed by atoms with van der Waals surface area (Å²) >= 11 is 0. The number of anilines is 1. The molecule has 0 aromatic heterocycles. The van der Waals surface area contributed by atoms with Crippen molar-refractivity contribution in [2.24, 2.45) is 0 Å². The van der Waals surface area contributed by atoms with Gasteiger partial charge in [-0.1, -0.05) is 6.07 Å². The van der Waals surface area contributed by atoms with Gasteiger partial charge in [-0.15, -0.1) is 0 Å². The van der Waals surface area contributed by atoms with Crippen LogP contribution in [-0.4, -0.2) is 47.9 Å². The van der Waals surface area contributed by atoms with E-state index in [1.807, 2.05) is 25.7 Å². The molecule has 0 bridgehead atoms. The summed E-state index contributed by atoms with van der Waals surface area (Å²) in [5, 5.41) is 8.38. The SMILES string of the molecule is CC(C)(C)NC(=O)c1cccc(NC(=O)NCCCN2CCCC2=O)c1. The second-order valence-electron chi connectivity index (χ2n) is 7.50. The average Bonchev–Trinajstić information content (AvgIpc) is 2.95. The van der Waals surface area contributed by atoms with Crippen LogP contribution in [0.4, 0.5) is 10.5 Å². The second kappa shape index (κ2) is 8.69. The molecular formula is C19H28N4O3. The Bertz CT molecular complexity index is 667. The number of carbonyl (C=O) groups excluding carboxylic acids is 3. The van der Waals surface area contributed by atoms with Crippen molar-refractivity contribution in [3.8, 4) is 0 Å². The van der Waals surface area contributed by atoms with E-state index in [2.05, 4.69) is 16.0 Å². The van der Waals surface area contributed by atoms with Gasteiger partial charge in [0.2, 0.25) is 5.91 Å². The first-order chi connectivity index (χ1) is 12.2. The molecule has 7 nitrogen and oxygen atoms in total. The van der Waals surface area contributed by atoms with Gasteiger partial charge in [-0.05, 0) is 51.8 Å². The normalized spacial score (nSPS) is 14.3. The summed E-state index contributed by atoms with van der Waals surface area (Å²) in [6.07, 6.45) is 2.27. The number of hydrogen-bond acceptors (Lipinski definition) is 3. The van der Waals surface area contributed by atoms with E-state index >= 15 is 0 Å². The van der Waals surface area contributed by atoms with Crippen LogP contribution in [0.1, 0.15) is 50.4 Å². The summed E-state index contributed by atoms with van der Waals surface area (Å²) in [4.78, 5) is 37.5. The smallest absolute Gasteiger partial charge is 0.319 e. The molecule has 0 atom stereocenters. The van der Waals surface area contributed by atoms with Crippen LogP contribution in [0.2, 0.25) is 0 Å². The predicted molar refractivity (Wildman–Crippen MR) is 101 cm³/mol. The third-order valence-electron chi connectivity index (χ3n) is 3.93.